The molecule has 0 heterocycles. The Hall–Kier alpha value is -1.06. The fraction of sp³-hybridized carbons (Fsp3) is 0.889. The lowest BCUT2D eigenvalue weighted by Gasteiger charge is -2.05. The first-order valence-electron chi connectivity index (χ1n) is 9.02. The molecule has 130 valence electrons. The van der Waals surface area contributed by atoms with E-state index >= 15 is 0 Å². The Labute approximate surface area is 135 Å². The predicted molar refractivity (Wildman–Crippen MR) is 88.7 cm³/mol. The fourth-order valence-corrected chi connectivity index (χ4v) is 2.08. The van der Waals surface area contributed by atoms with Crippen LogP contribution in [0.1, 0.15) is 90.9 Å². The molecule has 0 fully saturated rings. The lowest BCUT2D eigenvalue weighted by atomic mass is 10.1. The molecule has 0 saturated heterocycles. The standard InChI is InChI=1S/C18H34O4/c1-3-5-7-8-9-12-16-22-18(20)14-11-10-13-17(19)21-15-6-4-2/h3-16H2,1-2H3. The molecular weight excluding hydrogens is 280 g/mol. The van der Waals surface area contributed by atoms with Crippen molar-refractivity contribution < 1.29 is 19.1 Å². The third-order valence-corrected chi connectivity index (χ3v) is 3.53. The van der Waals surface area contributed by atoms with Crippen molar-refractivity contribution in [1.82, 2.24) is 0 Å². The SMILES string of the molecule is CCCCCCCCOC(=O)CCCCC(=O)OCCCC. The van der Waals surface area contributed by atoms with Crippen molar-refractivity contribution in [3.8, 4) is 0 Å². The molecule has 4 nitrogen and oxygen atoms in total. The molecule has 0 unspecified atom stereocenters. The van der Waals surface area contributed by atoms with Crippen molar-refractivity contribution in [2.24, 2.45) is 0 Å². The number of carbonyl (C=O) groups excluding carboxylic acids is 2. The van der Waals surface area contributed by atoms with E-state index in [1.54, 1.807) is 0 Å². The minimum absolute atomic E-state index is 0.145. The van der Waals surface area contributed by atoms with Gasteiger partial charge >= 0.3 is 11.9 Å². The van der Waals surface area contributed by atoms with Gasteiger partial charge in [-0.05, 0) is 25.7 Å². The van der Waals surface area contributed by atoms with Gasteiger partial charge in [-0.15, -0.1) is 0 Å². The molecule has 0 atom stereocenters. The fourth-order valence-electron chi connectivity index (χ4n) is 2.08. The molecule has 0 spiro atoms. The molecule has 0 aromatic rings. The Morgan fingerprint density at radius 2 is 1.05 bits per heavy atom. The van der Waals surface area contributed by atoms with Crippen LogP contribution in [0.3, 0.4) is 0 Å². The number of hydrogen-bond donors (Lipinski definition) is 0. The van der Waals surface area contributed by atoms with Crippen molar-refractivity contribution in [3.05, 3.63) is 0 Å². The van der Waals surface area contributed by atoms with Crippen LogP contribution < -0.4 is 0 Å². The zero-order valence-corrected chi connectivity index (χ0v) is 14.5. The van der Waals surface area contributed by atoms with Crippen LogP contribution in [0.4, 0.5) is 0 Å². The van der Waals surface area contributed by atoms with Gasteiger partial charge in [-0.2, -0.15) is 0 Å². The molecule has 22 heavy (non-hydrogen) atoms. The smallest absolute Gasteiger partial charge is 0.305 e. The summed E-state index contributed by atoms with van der Waals surface area (Å²) in [5.74, 6) is -0.304. The third kappa shape index (κ3) is 15.3. The van der Waals surface area contributed by atoms with E-state index in [9.17, 15) is 9.59 Å². The molecule has 0 radical (unpaired) electrons. The Bertz CT molecular complexity index is 276. The lowest BCUT2D eigenvalue weighted by Crippen LogP contribution is -2.08. The van der Waals surface area contributed by atoms with E-state index in [0.717, 1.165) is 25.7 Å². The lowest BCUT2D eigenvalue weighted by molar-refractivity contribution is -0.146. The molecule has 0 bridgehead atoms. The summed E-state index contributed by atoms with van der Waals surface area (Å²) in [4.78, 5) is 22.8. The van der Waals surface area contributed by atoms with Crippen LogP contribution in [-0.4, -0.2) is 25.2 Å². The van der Waals surface area contributed by atoms with Crippen molar-refractivity contribution in [1.29, 1.82) is 0 Å². The summed E-state index contributed by atoms with van der Waals surface area (Å²) in [7, 11) is 0. The van der Waals surface area contributed by atoms with E-state index < -0.39 is 0 Å². The van der Waals surface area contributed by atoms with Crippen molar-refractivity contribution >= 4 is 11.9 Å². The van der Waals surface area contributed by atoms with Gasteiger partial charge in [-0.25, -0.2) is 0 Å². The summed E-state index contributed by atoms with van der Waals surface area (Å²) in [6.45, 7) is 5.30. The van der Waals surface area contributed by atoms with E-state index in [0.29, 0.717) is 38.9 Å². The van der Waals surface area contributed by atoms with Crippen LogP contribution in [-0.2, 0) is 19.1 Å². The molecule has 0 saturated carbocycles. The van der Waals surface area contributed by atoms with Crippen LogP contribution >= 0.6 is 0 Å². The number of ether oxygens (including phenoxy) is 2. The first-order valence-corrected chi connectivity index (χ1v) is 9.02. The zero-order chi connectivity index (χ0) is 16.5. The van der Waals surface area contributed by atoms with E-state index in [1.165, 1.54) is 25.7 Å². The van der Waals surface area contributed by atoms with Gasteiger partial charge in [0.1, 0.15) is 0 Å². The molecule has 0 aromatic carbocycles. The predicted octanol–water partition coefficient (Wildman–Crippen LogP) is 4.79. The maximum absolute atomic E-state index is 11.5. The summed E-state index contributed by atoms with van der Waals surface area (Å²) in [5, 5.41) is 0. The second kappa shape index (κ2) is 16.3. The highest BCUT2D eigenvalue weighted by molar-refractivity contribution is 5.70. The van der Waals surface area contributed by atoms with Crippen molar-refractivity contribution in [2.45, 2.75) is 90.9 Å². The van der Waals surface area contributed by atoms with E-state index in [1.807, 2.05) is 0 Å². The first kappa shape index (κ1) is 20.9. The molecular formula is C18H34O4. The van der Waals surface area contributed by atoms with Gasteiger partial charge in [0.2, 0.25) is 0 Å². The summed E-state index contributed by atoms with van der Waals surface area (Å²) in [6, 6.07) is 0. The minimum atomic E-state index is -0.158. The van der Waals surface area contributed by atoms with Gasteiger partial charge in [0.25, 0.3) is 0 Å². The summed E-state index contributed by atoms with van der Waals surface area (Å²) < 4.78 is 10.2. The number of carbonyl (C=O) groups is 2. The zero-order valence-electron chi connectivity index (χ0n) is 14.5. The van der Waals surface area contributed by atoms with E-state index in [2.05, 4.69) is 13.8 Å². The summed E-state index contributed by atoms with van der Waals surface area (Å²) in [5.41, 5.74) is 0. The molecule has 0 aromatic heterocycles. The molecule has 0 rings (SSSR count). The normalized spacial score (nSPS) is 10.5. The van der Waals surface area contributed by atoms with E-state index in [4.69, 9.17) is 9.47 Å². The summed E-state index contributed by atoms with van der Waals surface area (Å²) in [6.07, 6.45) is 11.3. The Morgan fingerprint density at radius 3 is 1.59 bits per heavy atom. The molecule has 0 aliphatic carbocycles. The highest BCUT2D eigenvalue weighted by Crippen LogP contribution is 2.06. The Morgan fingerprint density at radius 1 is 0.591 bits per heavy atom. The highest BCUT2D eigenvalue weighted by Gasteiger charge is 2.05. The Kier molecular flexibility index (Phi) is 15.5. The Balaban J connectivity index is 3.30. The average molecular weight is 314 g/mol. The molecule has 0 aliphatic rings. The highest BCUT2D eigenvalue weighted by atomic mass is 16.5. The molecule has 0 N–H and O–H groups in total. The monoisotopic (exact) mass is 314 g/mol. The van der Waals surface area contributed by atoms with Gasteiger partial charge < -0.3 is 9.47 Å². The quantitative estimate of drug-likeness (QED) is 0.322. The first-order chi connectivity index (χ1) is 10.7. The number of hydrogen-bond acceptors (Lipinski definition) is 4. The minimum Gasteiger partial charge on any atom is -0.466 e. The molecule has 4 heteroatoms. The number of rotatable bonds is 15. The van der Waals surface area contributed by atoms with Gasteiger partial charge in [0.05, 0.1) is 13.2 Å². The average Bonchev–Trinajstić information content (AvgIpc) is 2.51. The number of unbranched alkanes of at least 4 members (excludes halogenated alkanes) is 7. The van der Waals surface area contributed by atoms with Crippen LogP contribution in [0.2, 0.25) is 0 Å². The van der Waals surface area contributed by atoms with Gasteiger partial charge in [0.15, 0.2) is 0 Å². The topological polar surface area (TPSA) is 52.6 Å². The van der Waals surface area contributed by atoms with Crippen LogP contribution in [0.5, 0.6) is 0 Å². The van der Waals surface area contributed by atoms with Gasteiger partial charge in [-0.3, -0.25) is 9.59 Å². The summed E-state index contributed by atoms with van der Waals surface area (Å²) >= 11 is 0. The second-order valence-electron chi connectivity index (χ2n) is 5.77. The molecule has 0 amide bonds. The number of esters is 2. The van der Waals surface area contributed by atoms with Gasteiger partial charge in [0, 0.05) is 12.8 Å². The van der Waals surface area contributed by atoms with Gasteiger partial charge in [-0.1, -0.05) is 52.4 Å². The maximum Gasteiger partial charge on any atom is 0.305 e. The van der Waals surface area contributed by atoms with Crippen LogP contribution in [0, 0.1) is 0 Å². The van der Waals surface area contributed by atoms with E-state index in [-0.39, 0.29) is 11.9 Å². The largest absolute Gasteiger partial charge is 0.466 e. The second-order valence-corrected chi connectivity index (χ2v) is 5.77. The van der Waals surface area contributed by atoms with Crippen molar-refractivity contribution in [3.63, 3.8) is 0 Å². The van der Waals surface area contributed by atoms with Crippen molar-refractivity contribution in [2.75, 3.05) is 13.2 Å². The maximum atomic E-state index is 11.5. The molecule has 0 aliphatic heterocycles. The third-order valence-electron chi connectivity index (χ3n) is 3.53. The van der Waals surface area contributed by atoms with Crippen LogP contribution in [0.15, 0.2) is 0 Å². The van der Waals surface area contributed by atoms with Crippen LogP contribution in [0.25, 0.3) is 0 Å².